The van der Waals surface area contributed by atoms with Crippen LogP contribution in [-0.4, -0.2) is 15.9 Å². The number of hydrogen-bond acceptors (Lipinski definition) is 3. The first-order valence-electron chi connectivity index (χ1n) is 4.97. The molecular formula is C12H11N3O. The van der Waals surface area contributed by atoms with Gasteiger partial charge in [-0.3, -0.25) is 4.68 Å². The largest absolute Gasteiger partial charge is 0.268 e. The summed E-state index contributed by atoms with van der Waals surface area (Å²) in [5.41, 5.74) is 2.11. The van der Waals surface area contributed by atoms with Gasteiger partial charge in [-0.1, -0.05) is 30.3 Å². The van der Waals surface area contributed by atoms with Crippen LogP contribution in [0.25, 0.3) is 0 Å². The molecule has 0 aliphatic carbocycles. The summed E-state index contributed by atoms with van der Waals surface area (Å²) in [6.45, 7) is 1.07. The van der Waals surface area contributed by atoms with Crippen LogP contribution in [-0.2, 0) is 17.9 Å². The van der Waals surface area contributed by atoms with Gasteiger partial charge >= 0.3 is 0 Å². The van der Waals surface area contributed by atoms with E-state index >= 15 is 0 Å². The highest BCUT2D eigenvalue weighted by molar-refractivity contribution is 5.33. The number of hydrogen-bond donors (Lipinski definition) is 0. The van der Waals surface area contributed by atoms with E-state index in [0.717, 1.165) is 12.1 Å². The van der Waals surface area contributed by atoms with Gasteiger partial charge in [-0.2, -0.15) is 5.10 Å². The van der Waals surface area contributed by atoms with E-state index in [2.05, 4.69) is 10.1 Å². The Hall–Kier alpha value is -2.19. The molecule has 2 aromatic rings. The highest BCUT2D eigenvalue weighted by Gasteiger charge is 1.98. The lowest BCUT2D eigenvalue weighted by Gasteiger charge is -2.00. The molecule has 1 aromatic carbocycles. The molecule has 0 fully saturated rings. The number of nitrogens with zero attached hydrogens (tertiary/aromatic N) is 3. The van der Waals surface area contributed by atoms with Gasteiger partial charge in [0.1, 0.15) is 0 Å². The second-order valence-corrected chi connectivity index (χ2v) is 3.44. The Labute approximate surface area is 93.2 Å². The minimum atomic E-state index is 0.346. The lowest BCUT2D eigenvalue weighted by Crippen LogP contribution is -1.99. The first kappa shape index (κ1) is 10.3. The number of aromatic nitrogens is 2. The van der Waals surface area contributed by atoms with Crippen LogP contribution in [0.3, 0.4) is 0 Å². The lowest BCUT2D eigenvalue weighted by atomic mass is 10.2. The number of benzene rings is 1. The summed E-state index contributed by atoms with van der Waals surface area (Å²) in [7, 11) is 0. The summed E-state index contributed by atoms with van der Waals surface area (Å²) < 4.78 is 1.82. The first-order chi connectivity index (χ1) is 7.88. The van der Waals surface area contributed by atoms with Gasteiger partial charge in [0, 0.05) is 11.8 Å². The molecule has 0 atom stereocenters. The third-order valence-electron chi connectivity index (χ3n) is 2.20. The SMILES string of the molecule is O=C=NCc1cnn(Cc2ccccc2)c1. The van der Waals surface area contributed by atoms with E-state index in [1.165, 1.54) is 11.6 Å². The van der Waals surface area contributed by atoms with Gasteiger partial charge in [-0.15, -0.1) is 0 Å². The normalized spacial score (nSPS) is 9.75. The lowest BCUT2D eigenvalue weighted by molar-refractivity contribution is 0.563. The molecule has 1 heterocycles. The van der Waals surface area contributed by atoms with Crippen molar-refractivity contribution in [1.82, 2.24) is 9.78 Å². The van der Waals surface area contributed by atoms with Crippen molar-refractivity contribution in [1.29, 1.82) is 0 Å². The van der Waals surface area contributed by atoms with Gasteiger partial charge < -0.3 is 0 Å². The summed E-state index contributed by atoms with van der Waals surface area (Å²) in [5.74, 6) is 0. The monoisotopic (exact) mass is 213 g/mol. The van der Waals surface area contributed by atoms with E-state index in [1.807, 2.05) is 41.2 Å². The maximum absolute atomic E-state index is 9.96. The first-order valence-corrected chi connectivity index (χ1v) is 4.97. The van der Waals surface area contributed by atoms with Gasteiger partial charge in [-0.25, -0.2) is 9.79 Å². The molecular weight excluding hydrogens is 202 g/mol. The molecule has 0 saturated heterocycles. The molecule has 1 aromatic heterocycles. The van der Waals surface area contributed by atoms with Gasteiger partial charge in [0.15, 0.2) is 0 Å². The minimum Gasteiger partial charge on any atom is -0.268 e. The van der Waals surface area contributed by atoms with Crippen molar-refractivity contribution < 1.29 is 4.79 Å². The number of isocyanates is 1. The second kappa shape index (κ2) is 5.05. The number of carbonyl (C=O) groups excluding carboxylic acids is 1. The summed E-state index contributed by atoms with van der Waals surface area (Å²) in [6, 6.07) is 10.1. The Morgan fingerprint density at radius 1 is 1.25 bits per heavy atom. The minimum absolute atomic E-state index is 0.346. The van der Waals surface area contributed by atoms with E-state index in [0.29, 0.717) is 6.54 Å². The molecule has 0 amide bonds. The second-order valence-electron chi connectivity index (χ2n) is 3.44. The fraction of sp³-hybridized carbons (Fsp3) is 0.167. The molecule has 0 saturated carbocycles. The smallest absolute Gasteiger partial charge is 0.235 e. The standard InChI is InChI=1S/C12H11N3O/c16-10-13-6-12-7-14-15(9-12)8-11-4-2-1-3-5-11/h1-5,7,9H,6,8H2. The Morgan fingerprint density at radius 3 is 2.81 bits per heavy atom. The van der Waals surface area contributed by atoms with Crippen molar-refractivity contribution in [3.63, 3.8) is 0 Å². The third kappa shape index (κ3) is 2.65. The molecule has 80 valence electrons. The number of rotatable bonds is 4. The summed E-state index contributed by atoms with van der Waals surface area (Å²) in [5, 5.41) is 4.19. The van der Waals surface area contributed by atoms with Crippen molar-refractivity contribution in [3.8, 4) is 0 Å². The summed E-state index contributed by atoms with van der Waals surface area (Å²) in [4.78, 5) is 13.5. The predicted molar refractivity (Wildman–Crippen MR) is 59.6 cm³/mol. The van der Waals surface area contributed by atoms with Crippen LogP contribution in [0, 0.1) is 0 Å². The average Bonchev–Trinajstić information content (AvgIpc) is 2.75. The highest BCUT2D eigenvalue weighted by Crippen LogP contribution is 2.04. The Kier molecular flexibility index (Phi) is 3.26. The van der Waals surface area contributed by atoms with Gasteiger partial charge in [0.2, 0.25) is 6.08 Å². The highest BCUT2D eigenvalue weighted by atomic mass is 16.1. The van der Waals surface area contributed by atoms with Crippen molar-refractivity contribution >= 4 is 6.08 Å². The van der Waals surface area contributed by atoms with E-state index < -0.39 is 0 Å². The zero-order valence-corrected chi connectivity index (χ0v) is 8.71. The predicted octanol–water partition coefficient (Wildman–Crippen LogP) is 1.77. The number of aliphatic imine (C=N–C) groups is 1. The third-order valence-corrected chi connectivity index (χ3v) is 2.20. The van der Waals surface area contributed by atoms with E-state index in [-0.39, 0.29) is 0 Å². The van der Waals surface area contributed by atoms with Crippen LogP contribution in [0.2, 0.25) is 0 Å². The molecule has 4 nitrogen and oxygen atoms in total. The van der Waals surface area contributed by atoms with Gasteiger partial charge in [0.05, 0.1) is 19.3 Å². The van der Waals surface area contributed by atoms with Crippen LogP contribution in [0.1, 0.15) is 11.1 Å². The van der Waals surface area contributed by atoms with E-state index in [4.69, 9.17) is 0 Å². The molecule has 0 radical (unpaired) electrons. The molecule has 0 aliphatic heterocycles. The molecule has 0 aliphatic rings. The van der Waals surface area contributed by atoms with E-state index in [9.17, 15) is 4.79 Å². The molecule has 0 N–H and O–H groups in total. The topological polar surface area (TPSA) is 47.2 Å². The van der Waals surface area contributed by atoms with Crippen molar-refractivity contribution in [2.75, 3.05) is 0 Å². The summed E-state index contributed by atoms with van der Waals surface area (Å²) >= 11 is 0. The Bertz CT molecular complexity index is 498. The van der Waals surface area contributed by atoms with Crippen LogP contribution in [0.4, 0.5) is 0 Å². The molecule has 2 rings (SSSR count). The fourth-order valence-electron chi connectivity index (χ4n) is 1.47. The van der Waals surface area contributed by atoms with Crippen LogP contribution in [0.15, 0.2) is 47.7 Å². The van der Waals surface area contributed by atoms with Crippen molar-refractivity contribution in [2.24, 2.45) is 4.99 Å². The van der Waals surface area contributed by atoms with Crippen molar-refractivity contribution in [3.05, 3.63) is 53.9 Å². The zero-order valence-electron chi connectivity index (χ0n) is 8.71. The summed E-state index contributed by atoms with van der Waals surface area (Å²) in [6.07, 6.45) is 5.11. The molecule has 16 heavy (non-hydrogen) atoms. The van der Waals surface area contributed by atoms with Gasteiger partial charge in [0.25, 0.3) is 0 Å². The molecule has 4 heteroatoms. The zero-order chi connectivity index (χ0) is 11.2. The van der Waals surface area contributed by atoms with Crippen molar-refractivity contribution in [2.45, 2.75) is 13.1 Å². The average molecular weight is 213 g/mol. The molecule has 0 bridgehead atoms. The van der Waals surface area contributed by atoms with E-state index in [1.54, 1.807) is 6.20 Å². The fourth-order valence-corrected chi connectivity index (χ4v) is 1.47. The quantitative estimate of drug-likeness (QED) is 0.574. The van der Waals surface area contributed by atoms with Gasteiger partial charge in [-0.05, 0) is 5.56 Å². The molecule has 0 unspecified atom stereocenters. The van der Waals surface area contributed by atoms with Crippen LogP contribution >= 0.6 is 0 Å². The maximum atomic E-state index is 9.96. The Morgan fingerprint density at radius 2 is 2.06 bits per heavy atom. The maximum Gasteiger partial charge on any atom is 0.235 e. The Balaban J connectivity index is 2.05. The molecule has 0 spiro atoms. The van der Waals surface area contributed by atoms with Crippen LogP contribution in [0.5, 0.6) is 0 Å². The van der Waals surface area contributed by atoms with Crippen LogP contribution < -0.4 is 0 Å².